The lowest BCUT2D eigenvalue weighted by Crippen LogP contribution is -2.23. The molecule has 5 heteroatoms. The van der Waals surface area contributed by atoms with Crippen LogP contribution in [0.5, 0.6) is 0 Å². The molecule has 0 saturated carbocycles. The Hall–Kier alpha value is -2.69. The van der Waals surface area contributed by atoms with Crippen molar-refractivity contribution in [3.63, 3.8) is 0 Å². The molecular formula is C16H13NO4. The van der Waals surface area contributed by atoms with Crippen LogP contribution in [0.15, 0.2) is 24.3 Å². The van der Waals surface area contributed by atoms with Gasteiger partial charge < -0.3 is 9.30 Å². The first-order valence-electron chi connectivity index (χ1n) is 6.45. The van der Waals surface area contributed by atoms with Crippen molar-refractivity contribution in [2.45, 2.75) is 6.92 Å². The zero-order valence-corrected chi connectivity index (χ0v) is 11.9. The Labute approximate surface area is 121 Å². The molecule has 1 aliphatic carbocycles. The van der Waals surface area contributed by atoms with Crippen molar-refractivity contribution >= 4 is 17.5 Å². The molecule has 2 aromatic rings. The average molecular weight is 283 g/mol. The molecule has 21 heavy (non-hydrogen) atoms. The van der Waals surface area contributed by atoms with Crippen molar-refractivity contribution in [3.8, 4) is 0 Å². The first-order chi connectivity index (χ1) is 9.99. The SMILES string of the molecule is COC(=O)c1c2c(n(C)c1C)C(=O)c1ccccc1C2=O. The fraction of sp³-hybridized carbons (Fsp3) is 0.188. The molecule has 0 fully saturated rings. The van der Waals surface area contributed by atoms with Crippen molar-refractivity contribution in [2.24, 2.45) is 7.05 Å². The Morgan fingerprint density at radius 1 is 1.10 bits per heavy atom. The number of ketones is 2. The normalized spacial score (nSPS) is 12.9. The van der Waals surface area contributed by atoms with Gasteiger partial charge in [0.25, 0.3) is 0 Å². The van der Waals surface area contributed by atoms with Crippen LogP contribution in [0.2, 0.25) is 0 Å². The Balaban J connectivity index is 2.38. The molecule has 1 aromatic carbocycles. The van der Waals surface area contributed by atoms with E-state index < -0.39 is 5.97 Å². The molecule has 1 heterocycles. The first kappa shape index (κ1) is 13.3. The van der Waals surface area contributed by atoms with Gasteiger partial charge >= 0.3 is 5.97 Å². The summed E-state index contributed by atoms with van der Waals surface area (Å²) in [6, 6.07) is 6.63. The summed E-state index contributed by atoms with van der Waals surface area (Å²) in [5, 5.41) is 0. The molecule has 0 amide bonds. The van der Waals surface area contributed by atoms with E-state index in [4.69, 9.17) is 4.74 Å². The van der Waals surface area contributed by atoms with Crippen LogP contribution in [0.3, 0.4) is 0 Å². The highest BCUT2D eigenvalue weighted by Crippen LogP contribution is 2.32. The van der Waals surface area contributed by atoms with Gasteiger partial charge in [0, 0.05) is 23.9 Å². The van der Waals surface area contributed by atoms with Crippen molar-refractivity contribution in [2.75, 3.05) is 7.11 Å². The molecule has 5 nitrogen and oxygen atoms in total. The summed E-state index contributed by atoms with van der Waals surface area (Å²) in [5.41, 5.74) is 1.80. The summed E-state index contributed by atoms with van der Waals surface area (Å²) >= 11 is 0. The molecule has 1 aromatic heterocycles. The third-order valence-electron chi connectivity index (χ3n) is 3.94. The average Bonchev–Trinajstić information content (AvgIpc) is 2.77. The summed E-state index contributed by atoms with van der Waals surface area (Å²) in [6.07, 6.45) is 0. The second kappa shape index (κ2) is 4.41. The van der Waals surface area contributed by atoms with Gasteiger partial charge in [0.15, 0.2) is 5.78 Å². The summed E-state index contributed by atoms with van der Waals surface area (Å²) in [5.74, 6) is -1.17. The van der Waals surface area contributed by atoms with Crippen LogP contribution < -0.4 is 0 Å². The highest BCUT2D eigenvalue weighted by Gasteiger charge is 2.38. The van der Waals surface area contributed by atoms with Crippen LogP contribution in [0.25, 0.3) is 0 Å². The summed E-state index contributed by atoms with van der Waals surface area (Å²) in [4.78, 5) is 37.3. The number of nitrogens with zero attached hydrogens (tertiary/aromatic N) is 1. The van der Waals surface area contributed by atoms with E-state index in [1.165, 1.54) is 7.11 Å². The van der Waals surface area contributed by atoms with Gasteiger partial charge in [0.2, 0.25) is 5.78 Å². The first-order valence-corrected chi connectivity index (χ1v) is 6.45. The number of esters is 1. The number of methoxy groups -OCH3 is 1. The van der Waals surface area contributed by atoms with Gasteiger partial charge in [-0.05, 0) is 6.92 Å². The molecule has 0 N–H and O–H groups in total. The number of hydrogen-bond acceptors (Lipinski definition) is 4. The predicted molar refractivity (Wildman–Crippen MR) is 74.8 cm³/mol. The largest absolute Gasteiger partial charge is 0.465 e. The molecule has 0 unspecified atom stereocenters. The lowest BCUT2D eigenvalue weighted by molar-refractivity contribution is 0.0596. The van der Waals surface area contributed by atoms with Gasteiger partial charge in [0.1, 0.15) is 5.69 Å². The molecule has 0 spiro atoms. The molecule has 0 aliphatic heterocycles. The lowest BCUT2D eigenvalue weighted by Gasteiger charge is -2.15. The minimum atomic E-state index is -0.607. The number of hydrogen-bond donors (Lipinski definition) is 0. The van der Waals surface area contributed by atoms with Crippen molar-refractivity contribution < 1.29 is 19.1 Å². The molecule has 0 radical (unpaired) electrons. The lowest BCUT2D eigenvalue weighted by atomic mass is 9.86. The second-order valence-electron chi connectivity index (χ2n) is 4.94. The van der Waals surface area contributed by atoms with E-state index in [9.17, 15) is 14.4 Å². The van der Waals surface area contributed by atoms with Crippen LogP contribution in [0.1, 0.15) is 48.0 Å². The van der Waals surface area contributed by atoms with Crippen molar-refractivity contribution in [3.05, 3.63) is 57.9 Å². The predicted octanol–water partition coefficient (Wildman–Crippen LogP) is 1.90. The van der Waals surface area contributed by atoms with Crippen LogP contribution in [-0.2, 0) is 11.8 Å². The Morgan fingerprint density at radius 3 is 2.24 bits per heavy atom. The third-order valence-corrected chi connectivity index (χ3v) is 3.94. The van der Waals surface area contributed by atoms with Crippen molar-refractivity contribution in [1.82, 2.24) is 4.57 Å². The smallest absolute Gasteiger partial charge is 0.340 e. The number of ether oxygens (including phenoxy) is 1. The number of rotatable bonds is 1. The third kappa shape index (κ3) is 1.60. The Morgan fingerprint density at radius 2 is 1.67 bits per heavy atom. The van der Waals surface area contributed by atoms with Crippen molar-refractivity contribution in [1.29, 1.82) is 0 Å². The van der Waals surface area contributed by atoms with Crippen LogP contribution in [0.4, 0.5) is 0 Å². The Bertz CT molecular complexity index is 814. The fourth-order valence-electron chi connectivity index (χ4n) is 2.78. The molecule has 3 rings (SSSR count). The highest BCUT2D eigenvalue weighted by molar-refractivity contribution is 6.30. The maximum absolute atomic E-state index is 12.7. The molecular weight excluding hydrogens is 270 g/mol. The molecule has 1 aliphatic rings. The Kier molecular flexibility index (Phi) is 2.79. The maximum Gasteiger partial charge on any atom is 0.340 e. The quantitative estimate of drug-likeness (QED) is 0.640. The zero-order chi connectivity index (χ0) is 15.3. The van der Waals surface area contributed by atoms with Gasteiger partial charge in [-0.15, -0.1) is 0 Å². The van der Waals surface area contributed by atoms with Gasteiger partial charge in [-0.2, -0.15) is 0 Å². The standard InChI is InChI=1S/C16H13NO4/c1-8-11(16(20)21-3)12-13(17(8)2)15(19)10-7-5-4-6-9(10)14(12)18/h4-7H,1-3H3. The maximum atomic E-state index is 12.7. The van der Waals surface area contributed by atoms with E-state index in [0.717, 1.165) is 0 Å². The van der Waals surface area contributed by atoms with Gasteiger partial charge in [-0.3, -0.25) is 9.59 Å². The fourth-order valence-corrected chi connectivity index (χ4v) is 2.78. The topological polar surface area (TPSA) is 65.4 Å². The highest BCUT2D eigenvalue weighted by atomic mass is 16.5. The van der Waals surface area contributed by atoms with E-state index >= 15 is 0 Å². The number of benzene rings is 1. The number of carbonyl (C=O) groups is 3. The molecule has 106 valence electrons. The van der Waals surface area contributed by atoms with Gasteiger partial charge in [0.05, 0.1) is 18.2 Å². The molecule has 0 saturated heterocycles. The summed E-state index contributed by atoms with van der Waals surface area (Å²) < 4.78 is 6.33. The molecule has 0 bridgehead atoms. The molecule has 0 atom stereocenters. The number of carbonyl (C=O) groups excluding carboxylic acids is 3. The monoisotopic (exact) mass is 283 g/mol. The van der Waals surface area contributed by atoms with E-state index in [-0.39, 0.29) is 28.4 Å². The second-order valence-corrected chi connectivity index (χ2v) is 4.94. The summed E-state index contributed by atoms with van der Waals surface area (Å²) in [6.45, 7) is 1.69. The van der Waals surface area contributed by atoms with Crippen LogP contribution >= 0.6 is 0 Å². The van der Waals surface area contributed by atoms with Gasteiger partial charge in [-0.1, -0.05) is 24.3 Å². The van der Waals surface area contributed by atoms with E-state index in [0.29, 0.717) is 16.8 Å². The number of aromatic nitrogens is 1. The zero-order valence-electron chi connectivity index (χ0n) is 11.9. The minimum absolute atomic E-state index is 0.144. The van der Waals surface area contributed by atoms with E-state index in [1.807, 2.05) is 0 Å². The van der Waals surface area contributed by atoms with Crippen LogP contribution in [0, 0.1) is 6.92 Å². The number of fused-ring (bicyclic) bond motifs is 2. The summed E-state index contributed by atoms with van der Waals surface area (Å²) in [7, 11) is 2.92. The van der Waals surface area contributed by atoms with Crippen LogP contribution in [-0.4, -0.2) is 29.2 Å². The minimum Gasteiger partial charge on any atom is -0.465 e. The van der Waals surface area contributed by atoms with Gasteiger partial charge in [-0.25, -0.2) is 4.79 Å². The van der Waals surface area contributed by atoms with E-state index in [1.54, 1.807) is 42.8 Å². The van der Waals surface area contributed by atoms with E-state index in [2.05, 4.69) is 0 Å².